The van der Waals surface area contributed by atoms with E-state index in [1.807, 2.05) is 19.0 Å². The lowest BCUT2D eigenvalue weighted by Crippen LogP contribution is -2.29. The van der Waals surface area contributed by atoms with Crippen molar-refractivity contribution in [3.05, 3.63) is 85.1 Å². The third kappa shape index (κ3) is 46.5. The minimum Gasteiger partial charge on any atom is -0.462 e. The van der Waals surface area contributed by atoms with E-state index in [0.29, 0.717) is 19.4 Å². The van der Waals surface area contributed by atoms with Crippen LogP contribution in [0, 0.1) is 0 Å². The van der Waals surface area contributed by atoms with Crippen molar-refractivity contribution in [2.24, 2.45) is 0 Å². The SMILES string of the molecule is CC/C=C\C/C=C\C/C=C\C/C=C\C/C=C\CCCCCC(=O)OCC(COP(=O)(O)OCCN(C)C)OC(=O)CCCCCCCCCCC/C=C\C/C=C\CCCCC. The second-order valence-electron chi connectivity index (χ2n) is 15.9. The fourth-order valence-corrected chi connectivity index (χ4v) is 6.78. The molecule has 9 nitrogen and oxygen atoms in total. The van der Waals surface area contributed by atoms with Gasteiger partial charge in [0.15, 0.2) is 6.10 Å². The van der Waals surface area contributed by atoms with Crippen LogP contribution in [-0.2, 0) is 32.7 Å². The van der Waals surface area contributed by atoms with Crippen LogP contribution in [0.2, 0.25) is 0 Å². The number of unbranched alkanes of at least 4 members (excludes halogenated alkanes) is 15. The topological polar surface area (TPSA) is 112 Å². The molecule has 0 saturated heterocycles. The van der Waals surface area contributed by atoms with Gasteiger partial charge in [-0.3, -0.25) is 18.6 Å². The van der Waals surface area contributed by atoms with Crippen LogP contribution in [0.4, 0.5) is 0 Å². The molecule has 61 heavy (non-hydrogen) atoms. The number of rotatable bonds is 43. The highest BCUT2D eigenvalue weighted by Gasteiger charge is 2.26. The van der Waals surface area contributed by atoms with Crippen LogP contribution >= 0.6 is 7.82 Å². The minimum absolute atomic E-state index is 0.00350. The molecule has 0 spiro atoms. The Labute approximate surface area is 373 Å². The average Bonchev–Trinajstić information content (AvgIpc) is 3.23. The zero-order chi connectivity index (χ0) is 44.8. The predicted octanol–water partition coefficient (Wildman–Crippen LogP) is 14.2. The molecule has 0 amide bonds. The smallest absolute Gasteiger partial charge is 0.462 e. The Morgan fingerprint density at radius 3 is 1.41 bits per heavy atom. The highest BCUT2D eigenvalue weighted by Crippen LogP contribution is 2.43. The third-order valence-electron chi connectivity index (χ3n) is 9.69. The van der Waals surface area contributed by atoms with Crippen molar-refractivity contribution in [3.8, 4) is 0 Å². The first-order valence-electron chi connectivity index (χ1n) is 23.9. The van der Waals surface area contributed by atoms with Crippen LogP contribution in [-0.4, -0.2) is 68.3 Å². The lowest BCUT2D eigenvalue weighted by molar-refractivity contribution is -0.161. The minimum atomic E-state index is -4.38. The highest BCUT2D eigenvalue weighted by atomic mass is 31.2. The number of esters is 2. The van der Waals surface area contributed by atoms with Crippen LogP contribution < -0.4 is 0 Å². The Morgan fingerprint density at radius 1 is 0.525 bits per heavy atom. The molecule has 0 aliphatic carbocycles. The van der Waals surface area contributed by atoms with Gasteiger partial charge in [-0.05, 0) is 104 Å². The Kier molecular flexibility index (Phi) is 43.1. The molecule has 2 unspecified atom stereocenters. The molecule has 350 valence electrons. The van der Waals surface area contributed by atoms with Gasteiger partial charge in [-0.15, -0.1) is 0 Å². The molecular weight excluding hydrogens is 786 g/mol. The Bertz CT molecular complexity index is 1280. The molecule has 0 aromatic heterocycles. The molecule has 0 aliphatic heterocycles. The van der Waals surface area contributed by atoms with Crippen molar-refractivity contribution in [2.75, 3.05) is 40.5 Å². The zero-order valence-corrected chi connectivity index (χ0v) is 40.0. The summed E-state index contributed by atoms with van der Waals surface area (Å²) in [6.07, 6.45) is 56.3. The number of hydrogen-bond acceptors (Lipinski definition) is 8. The summed E-state index contributed by atoms with van der Waals surface area (Å²) in [4.78, 5) is 37.1. The number of ether oxygens (including phenoxy) is 2. The van der Waals surface area contributed by atoms with Gasteiger partial charge in [0.2, 0.25) is 0 Å². The number of phosphoric acid groups is 1. The van der Waals surface area contributed by atoms with Gasteiger partial charge in [0.25, 0.3) is 0 Å². The average molecular weight is 874 g/mol. The molecule has 2 atom stereocenters. The maximum absolute atomic E-state index is 12.7. The van der Waals surface area contributed by atoms with Crippen LogP contribution in [0.25, 0.3) is 0 Å². The van der Waals surface area contributed by atoms with E-state index in [0.717, 1.165) is 83.5 Å². The summed E-state index contributed by atoms with van der Waals surface area (Å²) in [6, 6.07) is 0. The van der Waals surface area contributed by atoms with Crippen molar-refractivity contribution in [3.63, 3.8) is 0 Å². The number of allylic oxidation sites excluding steroid dienone is 14. The molecule has 0 radical (unpaired) electrons. The molecule has 0 aromatic rings. The molecule has 10 heteroatoms. The van der Waals surface area contributed by atoms with Gasteiger partial charge in [0, 0.05) is 19.4 Å². The summed E-state index contributed by atoms with van der Waals surface area (Å²) in [6.45, 7) is 4.13. The fraction of sp³-hybridized carbons (Fsp3) is 0.686. The first-order valence-corrected chi connectivity index (χ1v) is 25.4. The van der Waals surface area contributed by atoms with E-state index in [4.69, 9.17) is 18.5 Å². The number of hydrogen-bond donors (Lipinski definition) is 1. The maximum atomic E-state index is 12.7. The van der Waals surface area contributed by atoms with Gasteiger partial charge in [0.1, 0.15) is 6.61 Å². The highest BCUT2D eigenvalue weighted by molar-refractivity contribution is 7.47. The van der Waals surface area contributed by atoms with Gasteiger partial charge in [-0.1, -0.05) is 163 Å². The van der Waals surface area contributed by atoms with E-state index in [1.165, 1.54) is 57.8 Å². The van der Waals surface area contributed by atoms with Crippen LogP contribution in [0.15, 0.2) is 85.1 Å². The number of carbonyl (C=O) groups excluding carboxylic acids is 2. The first kappa shape index (κ1) is 58.2. The van der Waals surface area contributed by atoms with Crippen LogP contribution in [0.3, 0.4) is 0 Å². The van der Waals surface area contributed by atoms with E-state index < -0.39 is 32.5 Å². The molecule has 0 bridgehead atoms. The molecular formula is C51H88NO8P. The second-order valence-corrected chi connectivity index (χ2v) is 17.4. The van der Waals surface area contributed by atoms with Gasteiger partial charge in [-0.25, -0.2) is 4.57 Å². The summed E-state index contributed by atoms with van der Waals surface area (Å²) >= 11 is 0. The van der Waals surface area contributed by atoms with E-state index in [-0.39, 0.29) is 26.1 Å². The molecule has 0 saturated carbocycles. The largest absolute Gasteiger partial charge is 0.472 e. The zero-order valence-electron chi connectivity index (χ0n) is 39.1. The lowest BCUT2D eigenvalue weighted by atomic mass is 10.1. The molecule has 0 aromatic carbocycles. The predicted molar refractivity (Wildman–Crippen MR) is 256 cm³/mol. The third-order valence-corrected chi connectivity index (χ3v) is 10.7. The summed E-state index contributed by atoms with van der Waals surface area (Å²) in [5, 5.41) is 0. The van der Waals surface area contributed by atoms with Gasteiger partial charge < -0.3 is 19.3 Å². The van der Waals surface area contributed by atoms with Crippen molar-refractivity contribution < 1.29 is 37.6 Å². The normalized spacial score (nSPS) is 14.1. The summed E-state index contributed by atoms with van der Waals surface area (Å²) < 4.78 is 33.5. The maximum Gasteiger partial charge on any atom is 0.472 e. The van der Waals surface area contributed by atoms with Gasteiger partial charge in [-0.2, -0.15) is 0 Å². The quantitative estimate of drug-likeness (QED) is 0.0277. The number of carbonyl (C=O) groups is 2. The number of likely N-dealkylation sites (N-methyl/N-ethyl adjacent to an activating group) is 1. The standard InChI is InChI=1S/C51H88NO8P/c1-5-7-9-11-13-15-17-19-21-23-25-27-29-31-33-35-37-39-41-43-50(53)57-47-49(48-59-61(55,56)58-46-45-52(3)4)60-51(54)44-42-40-38-36-34-32-30-28-26-24-22-20-18-16-14-12-10-8-6-2/h7,9,13-16,19-22,25,27,31,33,49H,5-6,8,10-12,17-18,23-24,26,28-30,32,34-48H2,1-4H3,(H,55,56)/b9-7-,15-13-,16-14-,21-19-,22-20-,27-25-,33-31-. The van der Waals surface area contributed by atoms with Crippen molar-refractivity contribution in [1.82, 2.24) is 4.90 Å². The fourth-order valence-electron chi connectivity index (χ4n) is 6.04. The van der Waals surface area contributed by atoms with Crippen molar-refractivity contribution in [2.45, 2.75) is 187 Å². The Hall–Kier alpha value is -2.81. The van der Waals surface area contributed by atoms with Gasteiger partial charge >= 0.3 is 19.8 Å². The van der Waals surface area contributed by atoms with Crippen molar-refractivity contribution >= 4 is 19.8 Å². The first-order chi connectivity index (χ1) is 29.7. The second kappa shape index (κ2) is 45.2. The van der Waals surface area contributed by atoms with E-state index >= 15 is 0 Å². The number of phosphoric ester groups is 1. The van der Waals surface area contributed by atoms with Crippen LogP contribution in [0.1, 0.15) is 181 Å². The molecule has 1 N–H and O–H groups in total. The molecule has 0 rings (SSSR count). The lowest BCUT2D eigenvalue weighted by Gasteiger charge is -2.20. The summed E-state index contributed by atoms with van der Waals surface area (Å²) in [7, 11) is -0.740. The molecule has 0 fully saturated rings. The summed E-state index contributed by atoms with van der Waals surface area (Å²) in [5.41, 5.74) is 0. The van der Waals surface area contributed by atoms with Gasteiger partial charge in [0.05, 0.1) is 13.2 Å². The Balaban J connectivity index is 4.32. The monoisotopic (exact) mass is 874 g/mol. The molecule has 0 aliphatic rings. The summed E-state index contributed by atoms with van der Waals surface area (Å²) in [5.74, 6) is -0.850. The molecule has 0 heterocycles. The van der Waals surface area contributed by atoms with E-state index in [9.17, 15) is 19.0 Å². The van der Waals surface area contributed by atoms with E-state index in [1.54, 1.807) is 0 Å². The van der Waals surface area contributed by atoms with E-state index in [2.05, 4.69) is 98.9 Å². The Morgan fingerprint density at radius 2 is 0.934 bits per heavy atom. The van der Waals surface area contributed by atoms with Crippen molar-refractivity contribution in [1.29, 1.82) is 0 Å². The number of nitrogens with zero attached hydrogens (tertiary/aromatic N) is 1. The van der Waals surface area contributed by atoms with Crippen LogP contribution in [0.5, 0.6) is 0 Å².